The second-order valence-electron chi connectivity index (χ2n) is 4.21. The minimum absolute atomic E-state index is 0.0188. The van der Waals surface area contributed by atoms with Crippen molar-refractivity contribution in [3.05, 3.63) is 29.0 Å². The van der Waals surface area contributed by atoms with Crippen molar-refractivity contribution in [1.29, 1.82) is 0 Å². The molecule has 1 aromatic carbocycles. The van der Waals surface area contributed by atoms with Gasteiger partial charge in [-0.3, -0.25) is 4.79 Å². The van der Waals surface area contributed by atoms with Crippen LogP contribution in [0.5, 0.6) is 0 Å². The number of rotatable bonds is 3. The van der Waals surface area contributed by atoms with Gasteiger partial charge >= 0.3 is 0 Å². The first-order valence-corrected chi connectivity index (χ1v) is 5.99. The van der Waals surface area contributed by atoms with Gasteiger partial charge in [-0.15, -0.1) is 0 Å². The van der Waals surface area contributed by atoms with E-state index >= 15 is 0 Å². The number of amides is 1. The van der Waals surface area contributed by atoms with E-state index in [1.165, 1.54) is 12.1 Å². The smallest absolute Gasteiger partial charge is 0.224 e. The summed E-state index contributed by atoms with van der Waals surface area (Å²) in [5, 5.41) is 5.76. The minimum atomic E-state index is -0.577. The minimum Gasteiger partial charge on any atom is -0.324 e. The Kier molecular flexibility index (Phi) is 3.97. The SMILES string of the molecule is O=C(CC1CCNC1)Nc1cccc(Cl)c1F. The molecule has 0 radical (unpaired) electrons. The standard InChI is InChI=1S/C12H14ClFN2O/c13-9-2-1-3-10(12(9)14)16-11(17)6-8-4-5-15-7-8/h1-3,8,15H,4-7H2,(H,16,17). The maximum atomic E-state index is 13.5. The zero-order valence-corrected chi connectivity index (χ0v) is 10.1. The Morgan fingerprint density at radius 3 is 3.12 bits per heavy atom. The van der Waals surface area contributed by atoms with Crippen LogP contribution in [0.2, 0.25) is 5.02 Å². The van der Waals surface area contributed by atoms with Gasteiger partial charge in [0, 0.05) is 6.42 Å². The predicted octanol–water partition coefficient (Wildman–Crippen LogP) is 2.42. The summed E-state index contributed by atoms with van der Waals surface area (Å²) in [5.41, 5.74) is 0.147. The van der Waals surface area contributed by atoms with E-state index < -0.39 is 5.82 Å². The lowest BCUT2D eigenvalue weighted by Gasteiger charge is -2.10. The second-order valence-corrected chi connectivity index (χ2v) is 4.62. The van der Waals surface area contributed by atoms with Gasteiger partial charge in [-0.05, 0) is 37.6 Å². The number of benzene rings is 1. The van der Waals surface area contributed by atoms with E-state index in [1.54, 1.807) is 6.07 Å². The Morgan fingerprint density at radius 2 is 2.41 bits per heavy atom. The first-order valence-electron chi connectivity index (χ1n) is 5.61. The molecule has 1 aliphatic rings. The Balaban J connectivity index is 1.95. The maximum absolute atomic E-state index is 13.5. The van der Waals surface area contributed by atoms with Gasteiger partial charge in [0.05, 0.1) is 10.7 Å². The van der Waals surface area contributed by atoms with E-state index in [0.29, 0.717) is 12.3 Å². The van der Waals surface area contributed by atoms with Crippen LogP contribution in [0.3, 0.4) is 0 Å². The molecule has 2 rings (SSSR count). The molecule has 1 amide bonds. The average Bonchev–Trinajstić information content (AvgIpc) is 2.77. The number of nitrogens with one attached hydrogen (secondary N) is 2. The molecule has 3 nitrogen and oxygen atoms in total. The number of carbonyl (C=O) groups excluding carboxylic acids is 1. The highest BCUT2D eigenvalue weighted by Crippen LogP contribution is 2.22. The lowest BCUT2D eigenvalue weighted by molar-refractivity contribution is -0.117. The fourth-order valence-corrected chi connectivity index (χ4v) is 2.13. The molecule has 1 atom stereocenters. The zero-order valence-electron chi connectivity index (χ0n) is 9.30. The molecular formula is C12H14ClFN2O. The van der Waals surface area contributed by atoms with Gasteiger partial charge < -0.3 is 10.6 Å². The maximum Gasteiger partial charge on any atom is 0.224 e. The van der Waals surface area contributed by atoms with E-state index in [4.69, 9.17) is 11.6 Å². The van der Waals surface area contributed by atoms with Crippen molar-refractivity contribution in [2.24, 2.45) is 5.92 Å². The summed E-state index contributed by atoms with van der Waals surface area (Å²) in [4.78, 5) is 11.7. The van der Waals surface area contributed by atoms with Gasteiger partial charge in [0.25, 0.3) is 0 Å². The van der Waals surface area contributed by atoms with E-state index in [9.17, 15) is 9.18 Å². The van der Waals surface area contributed by atoms with Gasteiger partial charge in [0.15, 0.2) is 5.82 Å². The molecule has 2 N–H and O–H groups in total. The van der Waals surface area contributed by atoms with Crippen molar-refractivity contribution in [2.45, 2.75) is 12.8 Å². The van der Waals surface area contributed by atoms with Gasteiger partial charge in [0.1, 0.15) is 0 Å². The van der Waals surface area contributed by atoms with E-state index in [2.05, 4.69) is 10.6 Å². The van der Waals surface area contributed by atoms with Crippen LogP contribution in [-0.2, 0) is 4.79 Å². The number of carbonyl (C=O) groups is 1. The molecular weight excluding hydrogens is 243 g/mol. The summed E-state index contributed by atoms with van der Waals surface area (Å²) < 4.78 is 13.5. The molecule has 0 bridgehead atoms. The third kappa shape index (κ3) is 3.17. The lowest BCUT2D eigenvalue weighted by atomic mass is 10.0. The van der Waals surface area contributed by atoms with Crippen molar-refractivity contribution in [3.8, 4) is 0 Å². The molecule has 1 aromatic rings. The summed E-state index contributed by atoms with van der Waals surface area (Å²) >= 11 is 5.63. The van der Waals surface area contributed by atoms with Crippen LogP contribution in [0, 0.1) is 11.7 Å². The summed E-state index contributed by atoms with van der Waals surface area (Å²) in [7, 11) is 0. The monoisotopic (exact) mass is 256 g/mol. The molecule has 0 spiro atoms. The van der Waals surface area contributed by atoms with Crippen molar-refractivity contribution >= 4 is 23.2 Å². The highest BCUT2D eigenvalue weighted by Gasteiger charge is 2.18. The second kappa shape index (κ2) is 5.47. The van der Waals surface area contributed by atoms with Crippen molar-refractivity contribution in [1.82, 2.24) is 5.32 Å². The van der Waals surface area contributed by atoms with Crippen molar-refractivity contribution < 1.29 is 9.18 Å². The highest BCUT2D eigenvalue weighted by molar-refractivity contribution is 6.31. The highest BCUT2D eigenvalue weighted by atomic mass is 35.5. The number of halogens is 2. The van der Waals surface area contributed by atoms with Crippen LogP contribution in [-0.4, -0.2) is 19.0 Å². The van der Waals surface area contributed by atoms with E-state index in [1.807, 2.05) is 0 Å². The van der Waals surface area contributed by atoms with Crippen LogP contribution < -0.4 is 10.6 Å². The molecule has 1 saturated heterocycles. The third-order valence-electron chi connectivity index (χ3n) is 2.86. The topological polar surface area (TPSA) is 41.1 Å². The molecule has 0 aromatic heterocycles. The van der Waals surface area contributed by atoms with Gasteiger partial charge in [-0.25, -0.2) is 4.39 Å². The lowest BCUT2D eigenvalue weighted by Crippen LogP contribution is -2.18. The van der Waals surface area contributed by atoms with Gasteiger partial charge in [0.2, 0.25) is 5.91 Å². The first kappa shape index (κ1) is 12.3. The van der Waals surface area contributed by atoms with Crippen LogP contribution in [0.25, 0.3) is 0 Å². The molecule has 1 aliphatic heterocycles. The largest absolute Gasteiger partial charge is 0.324 e. The van der Waals surface area contributed by atoms with Crippen molar-refractivity contribution in [2.75, 3.05) is 18.4 Å². The molecule has 1 fully saturated rings. The zero-order chi connectivity index (χ0) is 12.3. The Bertz CT molecular complexity index is 419. The van der Waals surface area contributed by atoms with Crippen LogP contribution in [0.1, 0.15) is 12.8 Å². The molecule has 1 unspecified atom stereocenters. The summed E-state index contributed by atoms with van der Waals surface area (Å²) in [5.74, 6) is -0.399. The summed E-state index contributed by atoms with van der Waals surface area (Å²) in [6, 6.07) is 4.57. The normalized spacial score (nSPS) is 19.3. The Labute approximate surface area is 104 Å². The van der Waals surface area contributed by atoms with Crippen molar-refractivity contribution in [3.63, 3.8) is 0 Å². The Morgan fingerprint density at radius 1 is 1.59 bits per heavy atom. The molecule has 17 heavy (non-hydrogen) atoms. The average molecular weight is 257 g/mol. The molecule has 0 saturated carbocycles. The Hall–Kier alpha value is -1.13. The fourth-order valence-electron chi connectivity index (χ4n) is 1.95. The molecule has 5 heteroatoms. The van der Waals surface area contributed by atoms with E-state index in [0.717, 1.165) is 19.5 Å². The van der Waals surface area contributed by atoms with Gasteiger partial charge in [-0.1, -0.05) is 17.7 Å². The third-order valence-corrected chi connectivity index (χ3v) is 3.15. The fraction of sp³-hybridized carbons (Fsp3) is 0.417. The van der Waals surface area contributed by atoms with Crippen LogP contribution >= 0.6 is 11.6 Å². The number of hydrogen-bond acceptors (Lipinski definition) is 2. The summed E-state index contributed by atoms with van der Waals surface area (Å²) in [6.45, 7) is 1.80. The molecule has 1 heterocycles. The van der Waals surface area contributed by atoms with Crippen LogP contribution in [0.15, 0.2) is 18.2 Å². The van der Waals surface area contributed by atoms with Gasteiger partial charge in [-0.2, -0.15) is 0 Å². The predicted molar refractivity (Wildman–Crippen MR) is 65.6 cm³/mol. The quantitative estimate of drug-likeness (QED) is 0.872. The number of anilines is 1. The molecule has 0 aliphatic carbocycles. The first-order chi connectivity index (χ1) is 8.16. The molecule has 92 valence electrons. The van der Waals surface area contributed by atoms with E-state index in [-0.39, 0.29) is 16.6 Å². The number of hydrogen-bond donors (Lipinski definition) is 2. The van der Waals surface area contributed by atoms with Crippen LogP contribution in [0.4, 0.5) is 10.1 Å². The summed E-state index contributed by atoms with van der Waals surface area (Å²) in [6.07, 6.45) is 1.41.